The van der Waals surface area contributed by atoms with Gasteiger partial charge in [-0.05, 0) is 59.5 Å². The predicted octanol–water partition coefficient (Wildman–Crippen LogP) is 1.40. The van der Waals surface area contributed by atoms with E-state index >= 15 is 0 Å². The van der Waals surface area contributed by atoms with Crippen LogP contribution < -0.4 is 10.8 Å². The molecule has 6 heteroatoms. The number of carbonyl (C=O) groups is 1. The Kier molecular flexibility index (Phi) is 6.25. The van der Waals surface area contributed by atoms with E-state index in [2.05, 4.69) is 5.32 Å². The summed E-state index contributed by atoms with van der Waals surface area (Å²) < 4.78 is 5.60. The quantitative estimate of drug-likeness (QED) is 0.687. The molecule has 0 saturated heterocycles. The van der Waals surface area contributed by atoms with Gasteiger partial charge in [0.05, 0.1) is 17.6 Å². The Balaban J connectivity index is 2.72. The molecule has 0 unspecified atom stereocenters. The molecule has 5 nitrogen and oxygen atoms in total. The lowest BCUT2D eigenvalue weighted by Crippen LogP contribution is -2.53. The lowest BCUT2D eigenvalue weighted by Gasteiger charge is -2.38. The first-order chi connectivity index (χ1) is 10.7. The molecule has 0 saturated carbocycles. The Hall–Kier alpha value is -1.37. The molecule has 24 heavy (non-hydrogen) atoms. The molecule has 1 aromatic rings. The number of hydrogen-bond donors (Lipinski definition) is 3. The van der Waals surface area contributed by atoms with Crippen LogP contribution in [0.4, 0.5) is 0 Å². The first-order valence-electron chi connectivity index (χ1n) is 8.19. The van der Waals surface area contributed by atoms with E-state index in [-0.39, 0.29) is 17.9 Å². The molecule has 3 N–H and O–H groups in total. The summed E-state index contributed by atoms with van der Waals surface area (Å²) in [5, 5.41) is 23.2. The van der Waals surface area contributed by atoms with Crippen molar-refractivity contribution in [2.24, 2.45) is 0 Å². The summed E-state index contributed by atoms with van der Waals surface area (Å²) in [7, 11) is -1.15. The van der Waals surface area contributed by atoms with E-state index in [4.69, 9.17) is 4.65 Å². The molecule has 0 spiro atoms. The number of rotatable bonds is 6. The second-order valence-corrected chi connectivity index (χ2v) is 8.26. The van der Waals surface area contributed by atoms with Crippen LogP contribution in [0.2, 0.25) is 0 Å². The van der Waals surface area contributed by atoms with Crippen LogP contribution >= 0.6 is 0 Å². The summed E-state index contributed by atoms with van der Waals surface area (Å²) in [6.07, 6.45) is 0.281. The van der Waals surface area contributed by atoms with E-state index in [9.17, 15) is 14.9 Å². The SMILES string of the molecule is CC(C)(C)NC(=O)Cc1ccc(B(O)OC(C)(C)C(C)(C)O)cc1. The summed E-state index contributed by atoms with van der Waals surface area (Å²) >= 11 is 0. The number of hydrogen-bond acceptors (Lipinski definition) is 4. The first-order valence-corrected chi connectivity index (χ1v) is 8.19. The van der Waals surface area contributed by atoms with Gasteiger partial charge in [-0.1, -0.05) is 24.3 Å². The fourth-order valence-electron chi connectivity index (χ4n) is 1.94. The lowest BCUT2D eigenvalue weighted by molar-refractivity contribution is -0.121. The highest BCUT2D eigenvalue weighted by Gasteiger charge is 2.39. The topological polar surface area (TPSA) is 78.8 Å². The predicted molar refractivity (Wildman–Crippen MR) is 97.1 cm³/mol. The van der Waals surface area contributed by atoms with Crippen LogP contribution in [0, 0.1) is 0 Å². The largest absolute Gasteiger partial charge is 0.491 e. The van der Waals surface area contributed by atoms with Gasteiger partial charge in [0.15, 0.2) is 0 Å². The van der Waals surface area contributed by atoms with E-state index < -0.39 is 18.3 Å². The van der Waals surface area contributed by atoms with Gasteiger partial charge < -0.3 is 20.1 Å². The minimum absolute atomic E-state index is 0.0461. The molecule has 0 aromatic heterocycles. The maximum Gasteiger partial charge on any atom is 0.491 e. The van der Waals surface area contributed by atoms with Crippen LogP contribution in [0.15, 0.2) is 24.3 Å². The highest BCUT2D eigenvalue weighted by Crippen LogP contribution is 2.25. The van der Waals surface area contributed by atoms with Gasteiger partial charge in [-0.2, -0.15) is 0 Å². The monoisotopic (exact) mass is 335 g/mol. The number of amides is 1. The molecule has 0 fully saturated rings. The van der Waals surface area contributed by atoms with E-state index in [1.54, 1.807) is 52.0 Å². The molecule has 0 aliphatic heterocycles. The molecular formula is C18H30BNO4. The average Bonchev–Trinajstić information content (AvgIpc) is 2.35. The van der Waals surface area contributed by atoms with Gasteiger partial charge in [0.25, 0.3) is 0 Å². The number of benzene rings is 1. The summed E-state index contributed by atoms with van der Waals surface area (Å²) in [6.45, 7) is 12.5. The van der Waals surface area contributed by atoms with Crippen LogP contribution in [-0.2, 0) is 15.9 Å². The third kappa shape index (κ3) is 6.26. The van der Waals surface area contributed by atoms with Gasteiger partial charge in [-0.15, -0.1) is 0 Å². The van der Waals surface area contributed by atoms with Crippen molar-refractivity contribution in [1.29, 1.82) is 0 Å². The standard InChI is InChI=1S/C18H30BNO4/c1-16(2,3)20-15(21)12-13-8-10-14(11-9-13)19(23)24-18(6,7)17(4,5)22/h8-11,22-23H,12H2,1-7H3,(H,20,21). The molecule has 0 heterocycles. The second-order valence-electron chi connectivity index (χ2n) is 8.26. The zero-order chi connectivity index (χ0) is 18.8. The van der Waals surface area contributed by atoms with Gasteiger partial charge in [-0.25, -0.2) is 0 Å². The van der Waals surface area contributed by atoms with Crippen LogP contribution in [0.1, 0.15) is 54.0 Å². The maximum atomic E-state index is 11.9. The van der Waals surface area contributed by atoms with Crippen molar-refractivity contribution in [3.8, 4) is 0 Å². The Morgan fingerprint density at radius 2 is 1.58 bits per heavy atom. The Labute approximate surface area is 145 Å². The fourth-order valence-corrected chi connectivity index (χ4v) is 1.94. The summed E-state index contributed by atoms with van der Waals surface area (Å²) in [6, 6.07) is 7.04. The number of nitrogens with one attached hydrogen (secondary N) is 1. The van der Waals surface area contributed by atoms with E-state index in [1.165, 1.54) is 0 Å². The van der Waals surface area contributed by atoms with Crippen molar-refractivity contribution in [3.63, 3.8) is 0 Å². The molecule has 0 aliphatic rings. The van der Waals surface area contributed by atoms with Crippen LogP contribution in [0.5, 0.6) is 0 Å². The van der Waals surface area contributed by atoms with E-state index in [0.717, 1.165) is 5.56 Å². The Bertz CT molecular complexity index is 556. The van der Waals surface area contributed by atoms with Crippen molar-refractivity contribution in [2.75, 3.05) is 0 Å². The second kappa shape index (κ2) is 7.25. The third-order valence-corrected chi connectivity index (χ3v) is 4.02. The molecule has 1 amide bonds. The van der Waals surface area contributed by atoms with Crippen molar-refractivity contribution >= 4 is 18.5 Å². The van der Waals surface area contributed by atoms with Crippen LogP contribution in [0.3, 0.4) is 0 Å². The van der Waals surface area contributed by atoms with Crippen molar-refractivity contribution in [2.45, 2.75) is 71.6 Å². The molecule has 0 atom stereocenters. The molecule has 1 rings (SSSR count). The van der Waals surface area contributed by atoms with Crippen molar-refractivity contribution < 1.29 is 19.6 Å². The van der Waals surface area contributed by atoms with Crippen molar-refractivity contribution in [3.05, 3.63) is 29.8 Å². The maximum absolute atomic E-state index is 11.9. The van der Waals surface area contributed by atoms with Crippen LogP contribution in [0.25, 0.3) is 0 Å². The summed E-state index contributed by atoms with van der Waals surface area (Å²) in [5.41, 5.74) is -0.845. The minimum atomic E-state index is -1.15. The highest BCUT2D eigenvalue weighted by molar-refractivity contribution is 6.60. The van der Waals surface area contributed by atoms with Gasteiger partial charge in [0, 0.05) is 5.54 Å². The molecule has 0 radical (unpaired) electrons. The average molecular weight is 335 g/mol. The van der Waals surface area contributed by atoms with Crippen molar-refractivity contribution in [1.82, 2.24) is 5.32 Å². The smallest absolute Gasteiger partial charge is 0.423 e. The van der Waals surface area contributed by atoms with Gasteiger partial charge in [-0.3, -0.25) is 4.79 Å². The van der Waals surface area contributed by atoms with Gasteiger partial charge in [0.1, 0.15) is 0 Å². The zero-order valence-electron chi connectivity index (χ0n) is 15.8. The zero-order valence-corrected chi connectivity index (χ0v) is 15.8. The minimum Gasteiger partial charge on any atom is -0.423 e. The lowest BCUT2D eigenvalue weighted by atomic mass is 9.76. The summed E-state index contributed by atoms with van der Waals surface area (Å²) in [5.74, 6) is -0.0461. The number of aliphatic hydroxyl groups is 1. The van der Waals surface area contributed by atoms with Crippen LogP contribution in [-0.4, -0.2) is 39.9 Å². The van der Waals surface area contributed by atoms with E-state index in [0.29, 0.717) is 5.46 Å². The molecule has 1 aromatic carbocycles. The number of carbonyl (C=O) groups excluding carboxylic acids is 1. The third-order valence-electron chi connectivity index (χ3n) is 4.02. The van der Waals surface area contributed by atoms with Gasteiger partial charge in [0.2, 0.25) is 5.91 Å². The molecular weight excluding hydrogens is 305 g/mol. The normalized spacial score (nSPS) is 12.9. The molecule has 0 bridgehead atoms. The highest BCUT2D eigenvalue weighted by atomic mass is 16.5. The molecule has 134 valence electrons. The Morgan fingerprint density at radius 3 is 2.00 bits per heavy atom. The van der Waals surface area contributed by atoms with Gasteiger partial charge >= 0.3 is 7.12 Å². The fraction of sp³-hybridized carbons (Fsp3) is 0.611. The molecule has 0 aliphatic carbocycles. The summed E-state index contributed by atoms with van der Waals surface area (Å²) in [4.78, 5) is 11.9. The Morgan fingerprint density at radius 1 is 1.08 bits per heavy atom. The first kappa shape index (κ1) is 20.7. The van der Waals surface area contributed by atoms with E-state index in [1.807, 2.05) is 20.8 Å².